The lowest BCUT2D eigenvalue weighted by Crippen LogP contribution is -2.33. The molecule has 1 amide bonds. The summed E-state index contributed by atoms with van der Waals surface area (Å²) in [6, 6.07) is 12.7. The third kappa shape index (κ3) is 5.35. The van der Waals surface area contributed by atoms with Gasteiger partial charge in [-0.25, -0.2) is 4.98 Å². The summed E-state index contributed by atoms with van der Waals surface area (Å²) in [5, 5.41) is 0.992. The fraction of sp³-hybridized carbons (Fsp3) is 0.318. The van der Waals surface area contributed by atoms with Crippen LogP contribution < -0.4 is 10.3 Å². The summed E-state index contributed by atoms with van der Waals surface area (Å²) in [5.74, 6) is 1.24. The highest BCUT2D eigenvalue weighted by Gasteiger charge is 2.15. The number of amides is 1. The third-order valence-electron chi connectivity index (χ3n) is 4.67. The molecule has 1 N–H and O–H groups in total. The van der Waals surface area contributed by atoms with Crippen molar-refractivity contribution in [3.63, 3.8) is 0 Å². The number of ether oxygens (including phenoxy) is 1. The normalized spacial score (nSPS) is 10.9. The monoisotopic (exact) mass is 413 g/mol. The lowest BCUT2D eigenvalue weighted by Gasteiger charge is -2.22. The van der Waals surface area contributed by atoms with Gasteiger partial charge in [0.05, 0.1) is 24.6 Å². The predicted octanol–water partition coefficient (Wildman–Crippen LogP) is 3.96. The Kier molecular flexibility index (Phi) is 6.88. The number of aryl methyl sites for hydroxylation is 1. The van der Waals surface area contributed by atoms with E-state index in [1.807, 2.05) is 31.2 Å². The number of H-pyrrole nitrogens is 1. The molecule has 0 saturated heterocycles. The first-order valence-electron chi connectivity index (χ1n) is 9.59. The molecule has 0 radical (unpaired) electrons. The van der Waals surface area contributed by atoms with Crippen molar-refractivity contribution in [1.82, 2.24) is 14.9 Å². The van der Waals surface area contributed by atoms with Crippen molar-refractivity contribution in [2.75, 3.05) is 13.7 Å². The van der Waals surface area contributed by atoms with Gasteiger partial charge in [0.25, 0.3) is 5.56 Å². The van der Waals surface area contributed by atoms with Crippen LogP contribution in [-0.4, -0.2) is 34.4 Å². The summed E-state index contributed by atoms with van der Waals surface area (Å²) in [4.78, 5) is 34.2. The Bertz CT molecular complexity index is 1060. The molecule has 0 aliphatic heterocycles. The van der Waals surface area contributed by atoms with Crippen molar-refractivity contribution in [2.45, 2.75) is 32.7 Å². The summed E-state index contributed by atoms with van der Waals surface area (Å²) in [7, 11) is 1.62. The topological polar surface area (TPSA) is 75.3 Å². The Balaban J connectivity index is 1.74. The number of aromatic nitrogens is 2. The zero-order valence-electron chi connectivity index (χ0n) is 16.6. The Labute approximate surface area is 174 Å². The zero-order valence-corrected chi connectivity index (χ0v) is 17.3. The van der Waals surface area contributed by atoms with Crippen LogP contribution in [0.5, 0.6) is 5.75 Å². The van der Waals surface area contributed by atoms with E-state index in [1.54, 1.807) is 30.2 Å². The fourth-order valence-electron chi connectivity index (χ4n) is 3.22. The molecule has 7 heteroatoms. The maximum atomic E-state index is 12.8. The Morgan fingerprint density at radius 1 is 1.24 bits per heavy atom. The van der Waals surface area contributed by atoms with Crippen LogP contribution in [0.25, 0.3) is 10.9 Å². The fourth-order valence-corrected chi connectivity index (χ4v) is 3.38. The van der Waals surface area contributed by atoms with E-state index in [9.17, 15) is 9.59 Å². The van der Waals surface area contributed by atoms with Crippen LogP contribution in [0.2, 0.25) is 5.02 Å². The molecule has 1 aromatic heterocycles. The molecule has 0 atom stereocenters. The van der Waals surface area contributed by atoms with Crippen molar-refractivity contribution >= 4 is 28.4 Å². The van der Waals surface area contributed by atoms with E-state index in [4.69, 9.17) is 16.3 Å². The molecular weight excluding hydrogens is 390 g/mol. The number of carbonyl (C=O) groups is 1. The maximum Gasteiger partial charge on any atom is 0.258 e. The number of carbonyl (C=O) groups excluding carboxylic acids is 1. The van der Waals surface area contributed by atoms with Crippen molar-refractivity contribution in [1.29, 1.82) is 0 Å². The van der Waals surface area contributed by atoms with E-state index in [0.29, 0.717) is 41.1 Å². The van der Waals surface area contributed by atoms with E-state index < -0.39 is 0 Å². The second-order valence-electron chi connectivity index (χ2n) is 6.84. The average molecular weight is 414 g/mol. The largest absolute Gasteiger partial charge is 0.497 e. The van der Waals surface area contributed by atoms with Crippen LogP contribution in [0.4, 0.5) is 0 Å². The molecule has 0 bridgehead atoms. The molecule has 3 rings (SSSR count). The highest BCUT2D eigenvalue weighted by atomic mass is 35.5. The number of methoxy groups -OCH3 is 1. The summed E-state index contributed by atoms with van der Waals surface area (Å²) in [6.07, 6.45) is 1.80. The minimum Gasteiger partial charge on any atom is -0.497 e. The molecule has 0 spiro atoms. The minimum atomic E-state index is -0.234. The van der Waals surface area contributed by atoms with Gasteiger partial charge in [-0.2, -0.15) is 0 Å². The number of halogens is 1. The van der Waals surface area contributed by atoms with Gasteiger partial charge in [0, 0.05) is 18.0 Å². The second kappa shape index (κ2) is 9.56. The van der Waals surface area contributed by atoms with Gasteiger partial charge in [0.15, 0.2) is 0 Å². The third-order valence-corrected chi connectivity index (χ3v) is 4.90. The van der Waals surface area contributed by atoms with Crippen LogP contribution in [0.15, 0.2) is 47.3 Å². The Hall–Kier alpha value is -2.86. The summed E-state index contributed by atoms with van der Waals surface area (Å²) in [6.45, 7) is 2.86. The van der Waals surface area contributed by atoms with Gasteiger partial charge in [0.2, 0.25) is 5.91 Å². The SMILES string of the molecule is CCCN(Cc1nc2cc(Cl)ccc2c(=O)[nH]1)C(=O)CCc1cccc(OC)c1. The smallest absolute Gasteiger partial charge is 0.258 e. The van der Waals surface area contributed by atoms with Gasteiger partial charge >= 0.3 is 0 Å². The van der Waals surface area contributed by atoms with Crippen molar-refractivity contribution in [3.05, 3.63) is 69.2 Å². The van der Waals surface area contributed by atoms with E-state index in [2.05, 4.69) is 9.97 Å². The van der Waals surface area contributed by atoms with Crippen molar-refractivity contribution in [3.8, 4) is 5.75 Å². The van der Waals surface area contributed by atoms with E-state index in [-0.39, 0.29) is 18.0 Å². The highest BCUT2D eigenvalue weighted by Crippen LogP contribution is 2.16. The van der Waals surface area contributed by atoms with Crippen LogP contribution >= 0.6 is 11.6 Å². The van der Waals surface area contributed by atoms with Crippen LogP contribution in [0.1, 0.15) is 31.2 Å². The lowest BCUT2D eigenvalue weighted by atomic mass is 10.1. The van der Waals surface area contributed by atoms with Crippen LogP contribution in [-0.2, 0) is 17.8 Å². The van der Waals surface area contributed by atoms with Crippen molar-refractivity contribution in [2.24, 2.45) is 0 Å². The first-order chi connectivity index (χ1) is 14.0. The molecule has 0 fully saturated rings. The van der Waals surface area contributed by atoms with Crippen LogP contribution in [0.3, 0.4) is 0 Å². The van der Waals surface area contributed by atoms with E-state index in [1.165, 1.54) is 0 Å². The number of benzene rings is 2. The minimum absolute atomic E-state index is 0.0171. The number of nitrogens with one attached hydrogen (secondary N) is 1. The van der Waals surface area contributed by atoms with Gasteiger partial charge in [-0.15, -0.1) is 0 Å². The van der Waals surface area contributed by atoms with E-state index in [0.717, 1.165) is 17.7 Å². The number of fused-ring (bicyclic) bond motifs is 1. The molecule has 2 aromatic carbocycles. The number of nitrogens with zero attached hydrogens (tertiary/aromatic N) is 2. The molecule has 29 heavy (non-hydrogen) atoms. The Morgan fingerprint density at radius 3 is 2.83 bits per heavy atom. The molecule has 6 nitrogen and oxygen atoms in total. The summed E-state index contributed by atoms with van der Waals surface area (Å²) >= 11 is 6.02. The Morgan fingerprint density at radius 2 is 2.07 bits per heavy atom. The first kappa shape index (κ1) is 20.9. The summed E-state index contributed by atoms with van der Waals surface area (Å²) in [5.41, 5.74) is 1.33. The van der Waals surface area contributed by atoms with Crippen LogP contribution in [0, 0.1) is 0 Å². The van der Waals surface area contributed by atoms with Gasteiger partial charge < -0.3 is 14.6 Å². The molecular formula is C22H24ClN3O3. The predicted molar refractivity (Wildman–Crippen MR) is 114 cm³/mol. The summed E-state index contributed by atoms with van der Waals surface area (Å²) < 4.78 is 5.23. The molecule has 3 aromatic rings. The highest BCUT2D eigenvalue weighted by molar-refractivity contribution is 6.31. The van der Waals surface area contributed by atoms with Gasteiger partial charge in [-0.3, -0.25) is 9.59 Å². The molecule has 0 saturated carbocycles. The molecule has 0 aliphatic rings. The van der Waals surface area contributed by atoms with Gasteiger partial charge in [0.1, 0.15) is 11.6 Å². The number of hydrogen-bond acceptors (Lipinski definition) is 4. The number of aromatic amines is 1. The number of rotatable bonds is 8. The quantitative estimate of drug-likeness (QED) is 0.606. The second-order valence-corrected chi connectivity index (χ2v) is 7.28. The maximum absolute atomic E-state index is 12.8. The van der Waals surface area contributed by atoms with Gasteiger partial charge in [-0.05, 0) is 48.7 Å². The number of hydrogen-bond donors (Lipinski definition) is 1. The van der Waals surface area contributed by atoms with Crippen molar-refractivity contribution < 1.29 is 9.53 Å². The molecule has 152 valence electrons. The van der Waals surface area contributed by atoms with Gasteiger partial charge in [-0.1, -0.05) is 30.7 Å². The lowest BCUT2D eigenvalue weighted by molar-refractivity contribution is -0.131. The van der Waals surface area contributed by atoms with E-state index >= 15 is 0 Å². The zero-order chi connectivity index (χ0) is 20.8. The standard InChI is InChI=1S/C22H24ClN3O3/c1-3-11-26(21(27)10-7-15-5-4-6-17(12-15)29-2)14-20-24-19-13-16(23)8-9-18(19)22(28)25-20/h4-6,8-9,12-13H,3,7,10-11,14H2,1-2H3,(H,24,25,28). The molecule has 0 aliphatic carbocycles. The average Bonchev–Trinajstić information content (AvgIpc) is 2.71. The molecule has 1 heterocycles. The molecule has 0 unspecified atom stereocenters. The first-order valence-corrected chi connectivity index (χ1v) is 9.97.